The van der Waals surface area contributed by atoms with Gasteiger partial charge in [-0.05, 0) is 55.5 Å². The number of nitrogens with one attached hydrogen (secondary N) is 1. The van der Waals surface area contributed by atoms with E-state index in [1.807, 2.05) is 17.0 Å². The lowest BCUT2D eigenvalue weighted by Gasteiger charge is -2.21. The van der Waals surface area contributed by atoms with Crippen molar-refractivity contribution in [1.29, 1.82) is 0 Å². The highest BCUT2D eigenvalue weighted by Gasteiger charge is 2.31. The van der Waals surface area contributed by atoms with Gasteiger partial charge in [0.15, 0.2) is 11.5 Å². The predicted octanol–water partition coefficient (Wildman–Crippen LogP) is 1.71. The van der Waals surface area contributed by atoms with Crippen LogP contribution >= 0.6 is 0 Å². The Bertz CT molecular complexity index is 580. The Labute approximate surface area is 149 Å². The SMILES string of the molecule is COc1cc(CC(=O)N2CC[C@@H]3CNC[C@@H]3CC2)cc(OC)c1OC. The number of rotatable bonds is 5. The van der Waals surface area contributed by atoms with Crippen molar-refractivity contribution in [1.82, 2.24) is 10.2 Å². The first-order chi connectivity index (χ1) is 12.2. The van der Waals surface area contributed by atoms with E-state index >= 15 is 0 Å². The van der Waals surface area contributed by atoms with Crippen LogP contribution in [0.15, 0.2) is 12.1 Å². The average molecular weight is 348 g/mol. The molecule has 0 radical (unpaired) electrons. The Morgan fingerprint density at radius 3 is 2.08 bits per heavy atom. The average Bonchev–Trinajstić information content (AvgIpc) is 2.98. The van der Waals surface area contributed by atoms with Crippen LogP contribution < -0.4 is 19.5 Å². The van der Waals surface area contributed by atoms with E-state index in [-0.39, 0.29) is 5.91 Å². The van der Waals surface area contributed by atoms with E-state index in [9.17, 15) is 4.79 Å². The number of hydrogen-bond donors (Lipinski definition) is 1. The van der Waals surface area contributed by atoms with Gasteiger partial charge in [-0.25, -0.2) is 0 Å². The minimum absolute atomic E-state index is 0.169. The summed E-state index contributed by atoms with van der Waals surface area (Å²) >= 11 is 0. The Balaban J connectivity index is 1.70. The van der Waals surface area contributed by atoms with E-state index in [4.69, 9.17) is 14.2 Å². The van der Waals surface area contributed by atoms with Crippen molar-refractivity contribution in [3.63, 3.8) is 0 Å². The molecule has 2 saturated heterocycles. The van der Waals surface area contributed by atoms with Crippen molar-refractivity contribution >= 4 is 5.91 Å². The molecule has 0 bridgehead atoms. The van der Waals surface area contributed by atoms with Crippen LogP contribution in [0.3, 0.4) is 0 Å². The molecule has 1 aromatic carbocycles. The number of carbonyl (C=O) groups excluding carboxylic acids is 1. The van der Waals surface area contributed by atoms with Gasteiger partial charge >= 0.3 is 0 Å². The maximum Gasteiger partial charge on any atom is 0.226 e. The highest BCUT2D eigenvalue weighted by molar-refractivity contribution is 5.79. The summed E-state index contributed by atoms with van der Waals surface area (Å²) in [7, 11) is 4.75. The van der Waals surface area contributed by atoms with Gasteiger partial charge in [0.2, 0.25) is 11.7 Å². The first kappa shape index (κ1) is 17.9. The maximum absolute atomic E-state index is 12.8. The van der Waals surface area contributed by atoms with Gasteiger partial charge in [0.05, 0.1) is 27.8 Å². The molecule has 0 saturated carbocycles. The van der Waals surface area contributed by atoms with Gasteiger partial charge < -0.3 is 24.4 Å². The quantitative estimate of drug-likeness (QED) is 0.878. The van der Waals surface area contributed by atoms with E-state index in [1.165, 1.54) is 0 Å². The highest BCUT2D eigenvalue weighted by Crippen LogP contribution is 2.38. The summed E-state index contributed by atoms with van der Waals surface area (Å²) in [5.41, 5.74) is 0.880. The molecule has 1 aromatic rings. The smallest absolute Gasteiger partial charge is 0.226 e. The highest BCUT2D eigenvalue weighted by atomic mass is 16.5. The van der Waals surface area contributed by atoms with Gasteiger partial charge in [0, 0.05) is 13.1 Å². The lowest BCUT2D eigenvalue weighted by Crippen LogP contribution is -2.33. The molecule has 2 aliphatic rings. The normalized spacial score (nSPS) is 22.9. The fourth-order valence-electron chi connectivity index (χ4n) is 3.99. The lowest BCUT2D eigenvalue weighted by atomic mass is 9.92. The molecule has 6 heteroatoms. The topological polar surface area (TPSA) is 60.0 Å². The van der Waals surface area contributed by atoms with E-state index in [2.05, 4.69) is 5.32 Å². The molecular formula is C19H28N2O4. The van der Waals surface area contributed by atoms with Crippen molar-refractivity contribution < 1.29 is 19.0 Å². The Morgan fingerprint density at radius 2 is 1.60 bits per heavy atom. The summed E-state index contributed by atoms with van der Waals surface area (Å²) in [4.78, 5) is 14.8. The molecule has 0 unspecified atom stereocenters. The number of methoxy groups -OCH3 is 3. The number of benzene rings is 1. The molecule has 0 aromatic heterocycles. The second-order valence-corrected chi connectivity index (χ2v) is 6.85. The van der Waals surface area contributed by atoms with E-state index < -0.39 is 0 Å². The van der Waals surface area contributed by atoms with Gasteiger partial charge in [-0.1, -0.05) is 0 Å². The molecule has 1 amide bonds. The van der Waals surface area contributed by atoms with E-state index in [0.29, 0.717) is 23.7 Å². The first-order valence-corrected chi connectivity index (χ1v) is 8.93. The van der Waals surface area contributed by atoms with Crippen LogP contribution in [-0.4, -0.2) is 58.3 Å². The molecular weight excluding hydrogens is 320 g/mol. The number of likely N-dealkylation sites (tertiary alicyclic amines) is 1. The standard InChI is InChI=1S/C19H28N2O4/c1-23-16-8-13(9-17(24-2)19(16)25-3)10-18(22)21-6-4-14-11-20-12-15(14)5-7-21/h8-9,14-15,20H,4-7,10-12H2,1-3H3/t14-,15+. The van der Waals surface area contributed by atoms with Crippen LogP contribution in [0.5, 0.6) is 17.2 Å². The molecule has 2 atom stereocenters. The van der Waals surface area contributed by atoms with Crippen LogP contribution in [0.25, 0.3) is 0 Å². The van der Waals surface area contributed by atoms with Crippen molar-refractivity contribution in [3.8, 4) is 17.2 Å². The molecule has 2 fully saturated rings. The van der Waals surface area contributed by atoms with Crippen LogP contribution in [0.1, 0.15) is 18.4 Å². The zero-order valence-corrected chi connectivity index (χ0v) is 15.3. The number of fused-ring (bicyclic) bond motifs is 1. The number of carbonyl (C=O) groups is 1. The predicted molar refractivity (Wildman–Crippen MR) is 95.5 cm³/mol. The molecule has 2 heterocycles. The fraction of sp³-hybridized carbons (Fsp3) is 0.632. The van der Waals surface area contributed by atoms with Crippen LogP contribution in [0.4, 0.5) is 0 Å². The summed E-state index contributed by atoms with van der Waals surface area (Å²) in [6.07, 6.45) is 2.54. The van der Waals surface area contributed by atoms with Crippen LogP contribution in [0, 0.1) is 11.8 Å². The number of nitrogens with zero attached hydrogens (tertiary/aromatic N) is 1. The summed E-state index contributed by atoms with van der Waals surface area (Å²) < 4.78 is 16.1. The molecule has 25 heavy (non-hydrogen) atoms. The van der Waals surface area contributed by atoms with Crippen molar-refractivity contribution in [2.24, 2.45) is 11.8 Å². The van der Waals surface area contributed by atoms with E-state index in [0.717, 1.165) is 56.4 Å². The van der Waals surface area contributed by atoms with Crippen LogP contribution in [0.2, 0.25) is 0 Å². The van der Waals surface area contributed by atoms with Gasteiger partial charge in [-0.2, -0.15) is 0 Å². The van der Waals surface area contributed by atoms with Crippen LogP contribution in [-0.2, 0) is 11.2 Å². The molecule has 138 valence electrons. The molecule has 1 N–H and O–H groups in total. The van der Waals surface area contributed by atoms with E-state index in [1.54, 1.807) is 21.3 Å². The molecule has 2 aliphatic heterocycles. The second-order valence-electron chi connectivity index (χ2n) is 6.85. The third-order valence-corrected chi connectivity index (χ3v) is 5.45. The monoisotopic (exact) mass is 348 g/mol. The first-order valence-electron chi connectivity index (χ1n) is 8.93. The molecule has 6 nitrogen and oxygen atoms in total. The number of ether oxygens (including phenoxy) is 3. The van der Waals surface area contributed by atoms with Gasteiger partial charge in [0.25, 0.3) is 0 Å². The Hall–Kier alpha value is -1.95. The zero-order valence-electron chi connectivity index (χ0n) is 15.3. The summed E-state index contributed by atoms with van der Waals surface area (Å²) in [6.45, 7) is 3.90. The maximum atomic E-state index is 12.8. The minimum atomic E-state index is 0.169. The Morgan fingerprint density at radius 1 is 1.04 bits per heavy atom. The van der Waals surface area contributed by atoms with Gasteiger partial charge in [0.1, 0.15) is 0 Å². The summed E-state index contributed by atoms with van der Waals surface area (Å²) in [5, 5.41) is 3.47. The number of amides is 1. The fourth-order valence-corrected chi connectivity index (χ4v) is 3.99. The largest absolute Gasteiger partial charge is 0.493 e. The van der Waals surface area contributed by atoms with Gasteiger partial charge in [-0.15, -0.1) is 0 Å². The van der Waals surface area contributed by atoms with Gasteiger partial charge in [-0.3, -0.25) is 4.79 Å². The lowest BCUT2D eigenvalue weighted by molar-refractivity contribution is -0.130. The molecule has 3 rings (SSSR count). The zero-order chi connectivity index (χ0) is 17.8. The molecule has 0 spiro atoms. The summed E-state index contributed by atoms with van der Waals surface area (Å²) in [5.74, 6) is 3.33. The van der Waals surface area contributed by atoms with Crippen molar-refractivity contribution in [2.75, 3.05) is 47.5 Å². The third-order valence-electron chi connectivity index (χ3n) is 5.45. The van der Waals surface area contributed by atoms with Crippen molar-refractivity contribution in [3.05, 3.63) is 17.7 Å². The second kappa shape index (κ2) is 7.95. The van der Waals surface area contributed by atoms with Crippen molar-refractivity contribution in [2.45, 2.75) is 19.3 Å². The third kappa shape index (κ3) is 3.84. The summed E-state index contributed by atoms with van der Waals surface area (Å²) in [6, 6.07) is 3.71. The minimum Gasteiger partial charge on any atom is -0.493 e. The molecule has 0 aliphatic carbocycles. The number of hydrogen-bond acceptors (Lipinski definition) is 5. The Kier molecular flexibility index (Phi) is 5.68.